The fraction of sp³-hybridized carbons (Fsp3) is 0.914. The average Bonchev–Trinajstić information content (AvgIpc) is 3.91. The van der Waals surface area contributed by atoms with Gasteiger partial charge in [0.15, 0.2) is 0 Å². The number of aliphatic carboxylic acids is 1. The van der Waals surface area contributed by atoms with E-state index in [9.17, 15) is 4.79 Å². The summed E-state index contributed by atoms with van der Waals surface area (Å²) in [5, 5.41) is 7.60. The largest absolute Gasteiger partial charge is 0.478 e. The lowest BCUT2D eigenvalue weighted by atomic mass is 10.1. The van der Waals surface area contributed by atoms with Gasteiger partial charge in [0, 0.05) is 19.3 Å². The standard InChI is InChI=1S/C17H34O2.C15H30O2.C3H4O2/c1-2-3-4-5-6-7-8-9-10-11-12-13-14-18-15-17-16-19-17;1-2-3-4-5-6-7-8-9-10-11-12-16-13-15-14-17-15;1-2-3(4)5/h17H,2-16H2,1H3;15H,2-14H2,1H3;2H,1H2,(H,4,5). The zero-order valence-electron chi connectivity index (χ0n) is 27.2. The van der Waals surface area contributed by atoms with Crippen LogP contribution in [0.5, 0.6) is 0 Å². The lowest BCUT2D eigenvalue weighted by molar-refractivity contribution is -0.131. The number of unbranched alkanes of at least 4 members (excludes halogenated alkanes) is 20. The van der Waals surface area contributed by atoms with Crippen molar-refractivity contribution in [2.75, 3.05) is 39.6 Å². The van der Waals surface area contributed by atoms with E-state index in [1.54, 1.807) is 0 Å². The van der Waals surface area contributed by atoms with Gasteiger partial charge in [-0.05, 0) is 12.8 Å². The Morgan fingerprint density at radius 2 is 0.854 bits per heavy atom. The van der Waals surface area contributed by atoms with E-state index >= 15 is 0 Å². The molecule has 0 spiro atoms. The predicted octanol–water partition coefficient (Wildman–Crippen LogP) is 9.68. The number of carbonyl (C=O) groups is 1. The van der Waals surface area contributed by atoms with Crippen LogP contribution < -0.4 is 0 Å². The van der Waals surface area contributed by atoms with Gasteiger partial charge in [0.25, 0.3) is 0 Å². The van der Waals surface area contributed by atoms with Crippen molar-refractivity contribution in [1.29, 1.82) is 0 Å². The molecule has 0 bridgehead atoms. The van der Waals surface area contributed by atoms with Crippen molar-refractivity contribution >= 4 is 5.97 Å². The third kappa shape index (κ3) is 39.0. The summed E-state index contributed by atoms with van der Waals surface area (Å²) >= 11 is 0. The van der Waals surface area contributed by atoms with E-state index in [-0.39, 0.29) is 0 Å². The van der Waals surface area contributed by atoms with Crippen LogP contribution in [0, 0.1) is 0 Å². The molecule has 0 aromatic rings. The molecule has 0 amide bonds. The molecule has 2 heterocycles. The Morgan fingerprint density at radius 1 is 0.610 bits per heavy atom. The number of epoxide rings is 2. The summed E-state index contributed by atoms with van der Waals surface area (Å²) in [6, 6.07) is 0. The molecule has 2 saturated heterocycles. The first-order valence-electron chi connectivity index (χ1n) is 17.4. The van der Waals surface area contributed by atoms with Gasteiger partial charge in [-0.15, -0.1) is 0 Å². The third-order valence-corrected chi connectivity index (χ3v) is 7.37. The van der Waals surface area contributed by atoms with Gasteiger partial charge in [0.2, 0.25) is 0 Å². The normalized spacial score (nSPS) is 16.7. The van der Waals surface area contributed by atoms with E-state index < -0.39 is 5.97 Å². The average molecular weight is 585 g/mol. The molecule has 2 aliphatic rings. The molecule has 2 rings (SSSR count). The van der Waals surface area contributed by atoms with Gasteiger partial charge >= 0.3 is 5.97 Å². The molecule has 1 N–H and O–H groups in total. The first-order valence-corrected chi connectivity index (χ1v) is 17.4. The zero-order valence-corrected chi connectivity index (χ0v) is 27.2. The number of carboxylic acids is 1. The van der Waals surface area contributed by atoms with E-state index in [0.717, 1.165) is 45.7 Å². The molecular formula is C35H68O6. The molecule has 41 heavy (non-hydrogen) atoms. The van der Waals surface area contributed by atoms with Gasteiger partial charge in [-0.3, -0.25) is 0 Å². The molecule has 6 heteroatoms. The number of ether oxygens (including phenoxy) is 4. The molecule has 0 radical (unpaired) electrons. The Morgan fingerprint density at radius 3 is 1.07 bits per heavy atom. The fourth-order valence-corrected chi connectivity index (χ4v) is 4.49. The molecule has 0 aromatic heterocycles. The molecule has 2 fully saturated rings. The minimum atomic E-state index is -0.981. The number of hydrogen-bond acceptors (Lipinski definition) is 5. The number of rotatable bonds is 29. The highest BCUT2D eigenvalue weighted by Crippen LogP contribution is 2.13. The second-order valence-electron chi connectivity index (χ2n) is 11.7. The Balaban J connectivity index is 0.000000673. The smallest absolute Gasteiger partial charge is 0.327 e. The topological polar surface area (TPSA) is 80.8 Å². The summed E-state index contributed by atoms with van der Waals surface area (Å²) < 4.78 is 21.2. The van der Waals surface area contributed by atoms with Gasteiger partial charge in [-0.2, -0.15) is 0 Å². The van der Waals surface area contributed by atoms with E-state index in [0.29, 0.717) is 12.2 Å². The lowest BCUT2D eigenvalue weighted by Gasteiger charge is -2.03. The van der Waals surface area contributed by atoms with Crippen LogP contribution in [0.1, 0.15) is 155 Å². The fourth-order valence-electron chi connectivity index (χ4n) is 4.49. The van der Waals surface area contributed by atoms with E-state index in [2.05, 4.69) is 20.4 Å². The van der Waals surface area contributed by atoms with E-state index in [1.165, 1.54) is 141 Å². The van der Waals surface area contributed by atoms with Crippen molar-refractivity contribution < 1.29 is 28.8 Å². The minimum Gasteiger partial charge on any atom is -0.478 e. The molecule has 2 atom stereocenters. The molecular weight excluding hydrogens is 516 g/mol. The highest BCUT2D eigenvalue weighted by molar-refractivity contribution is 5.78. The maximum absolute atomic E-state index is 9.25. The van der Waals surface area contributed by atoms with Crippen LogP contribution in [0.4, 0.5) is 0 Å². The van der Waals surface area contributed by atoms with Crippen LogP contribution >= 0.6 is 0 Å². The van der Waals surface area contributed by atoms with Crippen molar-refractivity contribution in [3.05, 3.63) is 12.7 Å². The molecule has 244 valence electrons. The number of carboxylic acid groups (broad SMARTS) is 1. The van der Waals surface area contributed by atoms with Crippen molar-refractivity contribution in [3.8, 4) is 0 Å². The second kappa shape index (κ2) is 33.6. The molecule has 2 unspecified atom stereocenters. The van der Waals surface area contributed by atoms with Crippen molar-refractivity contribution in [2.24, 2.45) is 0 Å². The van der Waals surface area contributed by atoms with Crippen molar-refractivity contribution in [1.82, 2.24) is 0 Å². The van der Waals surface area contributed by atoms with Crippen molar-refractivity contribution in [2.45, 2.75) is 167 Å². The van der Waals surface area contributed by atoms with Gasteiger partial charge in [-0.1, -0.05) is 149 Å². The summed E-state index contributed by atoms with van der Waals surface area (Å²) in [4.78, 5) is 9.25. The van der Waals surface area contributed by atoms with Gasteiger partial charge in [-0.25, -0.2) is 4.79 Å². The maximum Gasteiger partial charge on any atom is 0.327 e. The molecule has 0 aromatic carbocycles. The Hall–Kier alpha value is -0.950. The SMILES string of the molecule is C=CC(=O)O.CCCCCCCCCCCCCCOCC1CO1.CCCCCCCCCCCCOCC1CO1. The Bertz CT molecular complexity index is 533. The highest BCUT2D eigenvalue weighted by Gasteiger charge is 2.22. The summed E-state index contributed by atoms with van der Waals surface area (Å²) in [6.07, 6.45) is 32.4. The van der Waals surface area contributed by atoms with Crippen LogP contribution in [0.25, 0.3) is 0 Å². The van der Waals surface area contributed by atoms with Crippen LogP contribution in [-0.2, 0) is 23.7 Å². The summed E-state index contributed by atoms with van der Waals surface area (Å²) in [5.74, 6) is -0.981. The first-order chi connectivity index (χ1) is 20.1. The quantitative estimate of drug-likeness (QED) is 0.0535. The number of hydrogen-bond donors (Lipinski definition) is 1. The minimum absolute atomic E-state index is 0.428. The molecule has 2 aliphatic heterocycles. The molecule has 6 nitrogen and oxygen atoms in total. The zero-order chi connectivity index (χ0) is 30.1. The molecule has 0 aliphatic carbocycles. The van der Waals surface area contributed by atoms with E-state index in [4.69, 9.17) is 24.1 Å². The van der Waals surface area contributed by atoms with Crippen LogP contribution in [-0.4, -0.2) is 62.9 Å². The van der Waals surface area contributed by atoms with Crippen LogP contribution in [0.15, 0.2) is 12.7 Å². The lowest BCUT2D eigenvalue weighted by Crippen LogP contribution is -2.02. The highest BCUT2D eigenvalue weighted by atomic mass is 16.6. The molecule has 0 saturated carbocycles. The van der Waals surface area contributed by atoms with Crippen LogP contribution in [0.3, 0.4) is 0 Å². The first kappa shape index (κ1) is 40.1. The monoisotopic (exact) mass is 585 g/mol. The Labute approximate surface area is 254 Å². The summed E-state index contributed by atoms with van der Waals surface area (Å²) in [6.45, 7) is 12.8. The summed E-state index contributed by atoms with van der Waals surface area (Å²) in [5.41, 5.74) is 0. The van der Waals surface area contributed by atoms with Crippen LogP contribution in [0.2, 0.25) is 0 Å². The predicted molar refractivity (Wildman–Crippen MR) is 172 cm³/mol. The Kier molecular flexibility index (Phi) is 32.8. The maximum atomic E-state index is 9.25. The van der Waals surface area contributed by atoms with Gasteiger partial charge in [0.1, 0.15) is 12.2 Å². The van der Waals surface area contributed by atoms with E-state index in [1.807, 2.05) is 0 Å². The second-order valence-corrected chi connectivity index (χ2v) is 11.7. The third-order valence-electron chi connectivity index (χ3n) is 7.37. The van der Waals surface area contributed by atoms with Gasteiger partial charge in [0.05, 0.1) is 26.4 Å². The van der Waals surface area contributed by atoms with Gasteiger partial charge < -0.3 is 24.1 Å². The van der Waals surface area contributed by atoms with Crippen molar-refractivity contribution in [3.63, 3.8) is 0 Å². The summed E-state index contributed by atoms with van der Waals surface area (Å²) in [7, 11) is 0.